The first-order valence-electron chi connectivity index (χ1n) is 10.5. The van der Waals surface area contributed by atoms with Crippen molar-refractivity contribution in [1.29, 1.82) is 0 Å². The van der Waals surface area contributed by atoms with Gasteiger partial charge in [0.25, 0.3) is 5.91 Å². The van der Waals surface area contributed by atoms with Gasteiger partial charge in [-0.3, -0.25) is 9.78 Å². The van der Waals surface area contributed by atoms with E-state index >= 15 is 0 Å². The first-order valence-corrected chi connectivity index (χ1v) is 10.5. The normalized spacial score (nSPS) is 18.5. The molecule has 3 heterocycles. The molecule has 1 unspecified atom stereocenters. The number of nitrogens with zero attached hydrogens (tertiary/aromatic N) is 3. The fourth-order valence-corrected chi connectivity index (χ4v) is 3.67. The molecule has 1 fully saturated rings. The third-order valence-electron chi connectivity index (χ3n) is 5.58. The lowest BCUT2D eigenvalue weighted by molar-refractivity contribution is 0.0717. The fraction of sp³-hybridized carbons (Fsp3) is 0.391. The number of carbonyl (C=O) groups excluding carboxylic acids is 1. The van der Waals surface area contributed by atoms with Gasteiger partial charge < -0.3 is 19.7 Å². The lowest BCUT2D eigenvalue weighted by Crippen LogP contribution is -2.45. The standard InChI is InChI=1S/C23H26N4O4/c1-14-7-8-16(11-24-14)22-18(15(2)31-27-22)13-30-21-10-9-17(12-25-21)23(29)26-19-5-3-4-6-20(19)28/h7-12,19-20,28H,3-6,13H2,1-2H3,(H,26,29)/t19-,20?/m1/s1. The molecule has 1 amide bonds. The van der Waals surface area contributed by atoms with E-state index in [2.05, 4.69) is 20.4 Å². The number of ether oxygens (including phenoxy) is 1. The summed E-state index contributed by atoms with van der Waals surface area (Å²) in [7, 11) is 0. The Morgan fingerprint density at radius 2 is 2.00 bits per heavy atom. The maximum absolute atomic E-state index is 12.5. The third-order valence-corrected chi connectivity index (χ3v) is 5.58. The Kier molecular flexibility index (Phi) is 6.27. The molecule has 0 radical (unpaired) electrons. The molecule has 0 saturated heterocycles. The predicted octanol–water partition coefficient (Wildman–Crippen LogP) is 3.36. The number of pyridine rings is 2. The molecule has 31 heavy (non-hydrogen) atoms. The number of rotatable bonds is 6. The van der Waals surface area contributed by atoms with Crippen molar-refractivity contribution in [3.8, 4) is 17.1 Å². The molecule has 1 aliphatic carbocycles. The lowest BCUT2D eigenvalue weighted by Gasteiger charge is -2.28. The van der Waals surface area contributed by atoms with Crippen molar-refractivity contribution in [3.63, 3.8) is 0 Å². The second kappa shape index (κ2) is 9.26. The molecule has 3 aromatic heterocycles. The van der Waals surface area contributed by atoms with E-state index in [1.165, 1.54) is 6.20 Å². The van der Waals surface area contributed by atoms with E-state index in [1.807, 2.05) is 26.0 Å². The number of hydrogen-bond donors (Lipinski definition) is 2. The highest BCUT2D eigenvalue weighted by atomic mass is 16.5. The summed E-state index contributed by atoms with van der Waals surface area (Å²) in [6.45, 7) is 3.98. The van der Waals surface area contributed by atoms with Crippen molar-refractivity contribution in [2.75, 3.05) is 0 Å². The van der Waals surface area contributed by atoms with Gasteiger partial charge in [-0.05, 0) is 44.9 Å². The van der Waals surface area contributed by atoms with Gasteiger partial charge in [0, 0.05) is 29.7 Å². The minimum atomic E-state index is -0.488. The van der Waals surface area contributed by atoms with E-state index in [-0.39, 0.29) is 18.6 Å². The molecule has 4 rings (SSSR count). The monoisotopic (exact) mass is 422 g/mol. The first kappa shape index (κ1) is 21.0. The third kappa shape index (κ3) is 4.91. The van der Waals surface area contributed by atoms with Gasteiger partial charge in [0.15, 0.2) is 0 Å². The largest absolute Gasteiger partial charge is 0.473 e. The first-order chi connectivity index (χ1) is 15.0. The molecule has 0 aromatic carbocycles. The van der Waals surface area contributed by atoms with E-state index in [0.717, 1.165) is 42.5 Å². The van der Waals surface area contributed by atoms with E-state index < -0.39 is 6.10 Å². The highest BCUT2D eigenvalue weighted by molar-refractivity contribution is 5.94. The number of aliphatic hydroxyl groups excluding tert-OH is 1. The van der Waals surface area contributed by atoms with Crippen LogP contribution in [-0.2, 0) is 6.61 Å². The number of amides is 1. The van der Waals surface area contributed by atoms with Gasteiger partial charge >= 0.3 is 0 Å². The Labute approximate surface area is 180 Å². The summed E-state index contributed by atoms with van der Waals surface area (Å²) in [5.41, 5.74) is 3.71. The molecule has 0 spiro atoms. The van der Waals surface area contributed by atoms with Gasteiger partial charge in [0.1, 0.15) is 18.1 Å². The van der Waals surface area contributed by atoms with E-state index in [0.29, 0.717) is 22.9 Å². The average Bonchev–Trinajstić information content (AvgIpc) is 3.15. The second-order valence-corrected chi connectivity index (χ2v) is 7.86. The smallest absolute Gasteiger partial charge is 0.253 e. The van der Waals surface area contributed by atoms with Gasteiger partial charge in [0.2, 0.25) is 5.88 Å². The summed E-state index contributed by atoms with van der Waals surface area (Å²) in [5.74, 6) is 0.814. The summed E-state index contributed by atoms with van der Waals surface area (Å²) in [4.78, 5) is 21.0. The molecule has 162 valence electrons. The van der Waals surface area contributed by atoms with Crippen molar-refractivity contribution >= 4 is 5.91 Å². The topological polar surface area (TPSA) is 110 Å². The van der Waals surface area contributed by atoms with Gasteiger partial charge in [-0.25, -0.2) is 4.98 Å². The van der Waals surface area contributed by atoms with Gasteiger partial charge in [-0.1, -0.05) is 18.0 Å². The molecule has 0 bridgehead atoms. The van der Waals surface area contributed by atoms with Gasteiger partial charge in [0.05, 0.1) is 23.3 Å². The molecule has 1 saturated carbocycles. The zero-order valence-corrected chi connectivity index (χ0v) is 17.7. The van der Waals surface area contributed by atoms with Crippen LogP contribution >= 0.6 is 0 Å². The SMILES string of the molecule is Cc1ccc(-c2noc(C)c2COc2ccc(C(=O)N[C@@H]3CCCCC3O)cn2)cn1. The predicted molar refractivity (Wildman–Crippen MR) is 114 cm³/mol. The minimum Gasteiger partial charge on any atom is -0.473 e. The van der Waals surface area contributed by atoms with Crippen LogP contribution < -0.4 is 10.1 Å². The van der Waals surface area contributed by atoms with E-state index in [4.69, 9.17) is 9.26 Å². The Morgan fingerprint density at radius 3 is 2.71 bits per heavy atom. The zero-order chi connectivity index (χ0) is 21.8. The van der Waals surface area contributed by atoms with Crippen molar-refractivity contribution < 1.29 is 19.2 Å². The van der Waals surface area contributed by atoms with Crippen LogP contribution in [0.4, 0.5) is 0 Å². The number of hydrogen-bond acceptors (Lipinski definition) is 7. The Hall–Kier alpha value is -3.26. The van der Waals surface area contributed by atoms with Crippen LogP contribution in [-0.4, -0.2) is 38.3 Å². The highest BCUT2D eigenvalue weighted by Crippen LogP contribution is 2.26. The lowest BCUT2D eigenvalue weighted by atomic mass is 9.92. The molecule has 0 aliphatic heterocycles. The van der Waals surface area contributed by atoms with Crippen molar-refractivity contribution in [2.45, 2.75) is 58.3 Å². The Balaban J connectivity index is 1.39. The molecule has 1 aliphatic rings. The summed E-state index contributed by atoms with van der Waals surface area (Å²) in [5, 5.41) is 17.1. The highest BCUT2D eigenvalue weighted by Gasteiger charge is 2.25. The summed E-state index contributed by atoms with van der Waals surface area (Å²) in [6, 6.07) is 6.98. The Bertz CT molecular complexity index is 1030. The fourth-order valence-electron chi connectivity index (χ4n) is 3.67. The van der Waals surface area contributed by atoms with Crippen LogP contribution in [0.3, 0.4) is 0 Å². The number of aromatic nitrogens is 3. The van der Waals surface area contributed by atoms with Crippen molar-refractivity contribution in [3.05, 3.63) is 59.2 Å². The van der Waals surface area contributed by atoms with Crippen LogP contribution in [0.1, 0.15) is 53.1 Å². The molecular formula is C23H26N4O4. The van der Waals surface area contributed by atoms with Gasteiger partial charge in [-0.15, -0.1) is 0 Å². The van der Waals surface area contributed by atoms with Crippen LogP contribution in [0.2, 0.25) is 0 Å². The maximum Gasteiger partial charge on any atom is 0.253 e. The van der Waals surface area contributed by atoms with Crippen LogP contribution in [0, 0.1) is 13.8 Å². The molecule has 3 aromatic rings. The number of aryl methyl sites for hydroxylation is 2. The van der Waals surface area contributed by atoms with Crippen molar-refractivity contribution in [2.24, 2.45) is 0 Å². The molecular weight excluding hydrogens is 396 g/mol. The van der Waals surface area contributed by atoms with E-state index in [9.17, 15) is 9.90 Å². The number of nitrogens with one attached hydrogen (secondary N) is 1. The van der Waals surface area contributed by atoms with Gasteiger partial charge in [-0.2, -0.15) is 0 Å². The van der Waals surface area contributed by atoms with Crippen LogP contribution in [0.5, 0.6) is 5.88 Å². The molecule has 2 N–H and O–H groups in total. The maximum atomic E-state index is 12.5. The molecule has 8 heteroatoms. The quantitative estimate of drug-likeness (QED) is 0.627. The number of carbonyl (C=O) groups is 1. The average molecular weight is 422 g/mol. The van der Waals surface area contributed by atoms with E-state index in [1.54, 1.807) is 18.3 Å². The Morgan fingerprint density at radius 1 is 1.16 bits per heavy atom. The van der Waals surface area contributed by atoms with Crippen LogP contribution in [0.25, 0.3) is 11.3 Å². The minimum absolute atomic E-state index is 0.205. The number of aliphatic hydroxyl groups is 1. The summed E-state index contributed by atoms with van der Waals surface area (Å²) in [6.07, 6.45) is 6.26. The van der Waals surface area contributed by atoms with Crippen LogP contribution in [0.15, 0.2) is 41.2 Å². The second-order valence-electron chi connectivity index (χ2n) is 7.86. The zero-order valence-electron chi connectivity index (χ0n) is 17.7. The molecule has 8 nitrogen and oxygen atoms in total. The molecule has 2 atom stereocenters. The summed E-state index contributed by atoms with van der Waals surface area (Å²) >= 11 is 0. The van der Waals surface area contributed by atoms with Crippen molar-refractivity contribution in [1.82, 2.24) is 20.4 Å². The summed E-state index contributed by atoms with van der Waals surface area (Å²) < 4.78 is 11.2.